The average Bonchev–Trinajstić information content (AvgIpc) is 2.44. The third kappa shape index (κ3) is 2.85. The number of benzene rings is 1. The van der Waals surface area contributed by atoms with Crippen LogP contribution in [0.4, 0.5) is 5.82 Å². The topological polar surface area (TPSA) is 86.2 Å². The number of pyridine rings is 1. The molecule has 0 fully saturated rings. The second kappa shape index (κ2) is 6.09. The zero-order chi connectivity index (χ0) is 14.7. The molecule has 5 nitrogen and oxygen atoms in total. The van der Waals surface area contributed by atoms with Crippen LogP contribution in [0.5, 0.6) is 5.75 Å². The largest absolute Gasteiger partial charge is 0.496 e. The molecule has 5 N–H and O–H groups in total. The van der Waals surface area contributed by atoms with Crippen molar-refractivity contribution in [2.45, 2.75) is 13.0 Å². The van der Waals surface area contributed by atoms with E-state index in [1.807, 2.05) is 25.1 Å². The molecule has 1 heterocycles. The van der Waals surface area contributed by atoms with Crippen molar-refractivity contribution in [3.05, 3.63) is 52.2 Å². The highest BCUT2D eigenvalue weighted by Crippen LogP contribution is 2.33. The molecule has 6 heteroatoms. The third-order valence-corrected chi connectivity index (χ3v) is 3.30. The van der Waals surface area contributed by atoms with Crippen LogP contribution in [-0.2, 0) is 0 Å². The fourth-order valence-electron chi connectivity index (χ4n) is 2.10. The van der Waals surface area contributed by atoms with Crippen LogP contribution in [0.3, 0.4) is 0 Å². The van der Waals surface area contributed by atoms with Gasteiger partial charge in [-0.15, -0.1) is 0 Å². The average molecular weight is 293 g/mol. The van der Waals surface area contributed by atoms with Crippen LogP contribution in [-0.4, -0.2) is 12.1 Å². The highest BCUT2D eigenvalue weighted by Gasteiger charge is 2.20. The first-order chi connectivity index (χ1) is 9.56. The Morgan fingerprint density at radius 1 is 1.30 bits per heavy atom. The van der Waals surface area contributed by atoms with E-state index in [4.69, 9.17) is 27.9 Å². The molecule has 0 spiro atoms. The van der Waals surface area contributed by atoms with Crippen LogP contribution in [0, 0.1) is 6.92 Å². The minimum absolute atomic E-state index is 0.350. The van der Waals surface area contributed by atoms with Gasteiger partial charge in [0.1, 0.15) is 11.6 Å². The number of methoxy groups -OCH3 is 1. The van der Waals surface area contributed by atoms with Crippen LogP contribution >= 0.6 is 11.6 Å². The lowest BCUT2D eigenvalue weighted by molar-refractivity contribution is 0.404. The Morgan fingerprint density at radius 3 is 2.70 bits per heavy atom. The maximum Gasteiger partial charge on any atom is 0.128 e. The minimum atomic E-state index is -0.350. The molecule has 1 aromatic heterocycles. The van der Waals surface area contributed by atoms with E-state index >= 15 is 0 Å². The van der Waals surface area contributed by atoms with Crippen molar-refractivity contribution in [3.8, 4) is 5.75 Å². The molecule has 0 bridgehead atoms. The highest BCUT2D eigenvalue weighted by atomic mass is 35.5. The Labute approximate surface area is 122 Å². The van der Waals surface area contributed by atoms with Crippen molar-refractivity contribution < 1.29 is 4.74 Å². The number of anilines is 1. The van der Waals surface area contributed by atoms with Crippen molar-refractivity contribution in [1.82, 2.24) is 10.4 Å². The maximum absolute atomic E-state index is 5.99. The van der Waals surface area contributed by atoms with Gasteiger partial charge >= 0.3 is 0 Å². The lowest BCUT2D eigenvalue weighted by atomic mass is 9.97. The summed E-state index contributed by atoms with van der Waals surface area (Å²) in [6, 6.07) is 7.26. The number of hydrazine groups is 1. The number of hydrogen-bond acceptors (Lipinski definition) is 5. The van der Waals surface area contributed by atoms with Crippen LogP contribution in [0.15, 0.2) is 30.5 Å². The zero-order valence-corrected chi connectivity index (χ0v) is 12.1. The van der Waals surface area contributed by atoms with Gasteiger partial charge in [-0.25, -0.2) is 10.4 Å². The molecule has 0 aliphatic rings. The Bertz CT molecular complexity index is 618. The van der Waals surface area contributed by atoms with Gasteiger partial charge in [-0.3, -0.25) is 5.84 Å². The molecule has 1 aromatic carbocycles. The summed E-state index contributed by atoms with van der Waals surface area (Å²) in [7, 11) is 1.62. The van der Waals surface area contributed by atoms with Gasteiger partial charge in [0.05, 0.1) is 18.2 Å². The molecule has 0 saturated carbocycles. The molecular formula is C14H17ClN4O. The van der Waals surface area contributed by atoms with Gasteiger partial charge in [0.15, 0.2) is 0 Å². The molecule has 0 aliphatic heterocycles. The second-order valence-electron chi connectivity index (χ2n) is 4.47. The number of nitrogen functional groups attached to an aromatic ring is 1. The Hall–Kier alpha value is -1.82. The number of nitrogens with zero attached hydrogens (tertiary/aromatic N) is 1. The number of hydrogen-bond donors (Lipinski definition) is 3. The molecule has 20 heavy (non-hydrogen) atoms. The first-order valence-electron chi connectivity index (χ1n) is 6.08. The Balaban J connectivity index is 2.55. The normalized spacial score (nSPS) is 12.2. The monoisotopic (exact) mass is 292 g/mol. The summed E-state index contributed by atoms with van der Waals surface area (Å²) in [6.07, 6.45) is 1.50. The van der Waals surface area contributed by atoms with E-state index in [0.717, 1.165) is 16.9 Å². The third-order valence-electron chi connectivity index (χ3n) is 3.09. The molecule has 1 atom stereocenters. The molecule has 1 unspecified atom stereocenters. The van der Waals surface area contributed by atoms with Crippen molar-refractivity contribution >= 4 is 17.4 Å². The van der Waals surface area contributed by atoms with E-state index in [-0.39, 0.29) is 6.04 Å². The highest BCUT2D eigenvalue weighted by molar-refractivity contribution is 6.30. The van der Waals surface area contributed by atoms with Crippen LogP contribution < -0.4 is 21.7 Å². The van der Waals surface area contributed by atoms with Crippen molar-refractivity contribution in [3.63, 3.8) is 0 Å². The molecule has 0 aliphatic carbocycles. The molecule has 106 valence electrons. The molecule has 0 radical (unpaired) electrons. The first-order valence-corrected chi connectivity index (χ1v) is 6.46. The van der Waals surface area contributed by atoms with Crippen molar-refractivity contribution in [2.24, 2.45) is 5.84 Å². The molecule has 0 saturated heterocycles. The van der Waals surface area contributed by atoms with Gasteiger partial charge in [-0.2, -0.15) is 0 Å². The zero-order valence-electron chi connectivity index (χ0n) is 11.4. The van der Waals surface area contributed by atoms with E-state index in [9.17, 15) is 0 Å². The number of halogens is 1. The summed E-state index contributed by atoms with van der Waals surface area (Å²) in [6.45, 7) is 1.99. The van der Waals surface area contributed by atoms with Gasteiger partial charge in [-0.05, 0) is 24.6 Å². The van der Waals surface area contributed by atoms with Gasteiger partial charge < -0.3 is 10.5 Å². The fourth-order valence-corrected chi connectivity index (χ4v) is 2.27. The molecule has 0 amide bonds. The van der Waals surface area contributed by atoms with Gasteiger partial charge in [0, 0.05) is 17.3 Å². The van der Waals surface area contributed by atoms with E-state index in [1.165, 1.54) is 6.20 Å². The van der Waals surface area contributed by atoms with Crippen LogP contribution in [0.25, 0.3) is 0 Å². The van der Waals surface area contributed by atoms with E-state index in [0.29, 0.717) is 16.4 Å². The van der Waals surface area contributed by atoms with E-state index < -0.39 is 0 Å². The van der Waals surface area contributed by atoms with E-state index in [2.05, 4.69) is 10.4 Å². The van der Waals surface area contributed by atoms with Crippen molar-refractivity contribution in [2.75, 3.05) is 12.8 Å². The standard InChI is InChI=1S/C14H17ClN4O/c1-8-3-4-10(12(5-8)20-2)13(19-17)11-6-9(15)7-18-14(11)16/h3-7,13,19H,17H2,1-2H3,(H2,16,18). The predicted molar refractivity (Wildman–Crippen MR) is 80.6 cm³/mol. The summed E-state index contributed by atoms with van der Waals surface area (Å²) < 4.78 is 5.41. The quantitative estimate of drug-likeness (QED) is 0.594. The van der Waals surface area contributed by atoms with Crippen LogP contribution in [0.2, 0.25) is 5.02 Å². The summed E-state index contributed by atoms with van der Waals surface area (Å²) in [5.41, 5.74) is 11.3. The summed E-state index contributed by atoms with van der Waals surface area (Å²) in [5, 5.41) is 0.500. The fraction of sp³-hybridized carbons (Fsp3) is 0.214. The number of rotatable bonds is 4. The number of aryl methyl sites for hydroxylation is 1. The smallest absolute Gasteiger partial charge is 0.128 e. The Kier molecular flexibility index (Phi) is 4.44. The number of aromatic nitrogens is 1. The molecular weight excluding hydrogens is 276 g/mol. The van der Waals surface area contributed by atoms with Crippen LogP contribution in [0.1, 0.15) is 22.7 Å². The maximum atomic E-state index is 5.99. The predicted octanol–water partition coefficient (Wildman–Crippen LogP) is 2.19. The van der Waals surface area contributed by atoms with Gasteiger partial charge in [0.25, 0.3) is 0 Å². The number of ether oxygens (including phenoxy) is 1. The first kappa shape index (κ1) is 14.6. The second-order valence-corrected chi connectivity index (χ2v) is 4.91. The molecule has 2 rings (SSSR count). The van der Waals surface area contributed by atoms with Gasteiger partial charge in [-0.1, -0.05) is 23.7 Å². The number of nitrogens with one attached hydrogen (secondary N) is 1. The SMILES string of the molecule is COc1cc(C)ccc1C(NN)c1cc(Cl)cnc1N. The molecule has 2 aromatic rings. The number of nitrogens with two attached hydrogens (primary N) is 2. The minimum Gasteiger partial charge on any atom is -0.496 e. The summed E-state index contributed by atoms with van der Waals surface area (Å²) >= 11 is 5.99. The lowest BCUT2D eigenvalue weighted by Gasteiger charge is -2.21. The lowest BCUT2D eigenvalue weighted by Crippen LogP contribution is -2.30. The van der Waals surface area contributed by atoms with Crippen molar-refractivity contribution in [1.29, 1.82) is 0 Å². The van der Waals surface area contributed by atoms with Gasteiger partial charge in [0.2, 0.25) is 0 Å². The summed E-state index contributed by atoms with van der Waals surface area (Å²) in [4.78, 5) is 4.06. The Morgan fingerprint density at radius 2 is 2.05 bits per heavy atom. The van der Waals surface area contributed by atoms with E-state index in [1.54, 1.807) is 13.2 Å². The summed E-state index contributed by atoms with van der Waals surface area (Å²) in [5.74, 6) is 6.79.